The lowest BCUT2D eigenvalue weighted by molar-refractivity contribution is -0.0862. The third-order valence-corrected chi connectivity index (χ3v) is 4.75. The second kappa shape index (κ2) is 4.91. The molecule has 0 amide bonds. The molecule has 3 rings (SSSR count). The van der Waals surface area contributed by atoms with Crippen LogP contribution >= 0.6 is 0 Å². The van der Waals surface area contributed by atoms with Crippen LogP contribution in [0.3, 0.4) is 0 Å². The molecule has 2 aromatic heterocycles. The Morgan fingerprint density at radius 1 is 1.43 bits per heavy atom. The van der Waals surface area contributed by atoms with E-state index in [9.17, 15) is 4.39 Å². The zero-order valence-corrected chi connectivity index (χ0v) is 12.5. The van der Waals surface area contributed by atoms with Gasteiger partial charge in [0.1, 0.15) is 6.23 Å². The highest BCUT2D eigenvalue weighted by molar-refractivity contribution is 5.81. The largest absolute Gasteiger partial charge is 0.382 e. The molecule has 3 heterocycles. The molecular formula is C14H20FN5O. The summed E-state index contributed by atoms with van der Waals surface area (Å²) in [4.78, 5) is 11.5. The Bertz CT molecular complexity index is 667. The highest BCUT2D eigenvalue weighted by atomic mass is 19.1. The Morgan fingerprint density at radius 2 is 2.14 bits per heavy atom. The van der Waals surface area contributed by atoms with Gasteiger partial charge in [0.05, 0.1) is 11.9 Å². The topological polar surface area (TPSA) is 78.9 Å². The van der Waals surface area contributed by atoms with Crippen LogP contribution in [0, 0.1) is 12.0 Å². The number of ether oxygens (including phenoxy) is 1. The maximum absolute atomic E-state index is 13.4. The first-order valence-corrected chi connectivity index (χ1v) is 7.34. The van der Waals surface area contributed by atoms with Crippen molar-refractivity contribution in [3.05, 3.63) is 12.4 Å². The van der Waals surface area contributed by atoms with Crippen LogP contribution < -0.4 is 5.73 Å². The number of halogens is 1. The second-order valence-corrected chi connectivity index (χ2v) is 5.68. The van der Waals surface area contributed by atoms with E-state index in [2.05, 4.69) is 35.7 Å². The summed E-state index contributed by atoms with van der Waals surface area (Å²) in [5, 5.41) is 0. The summed E-state index contributed by atoms with van der Waals surface area (Å²) in [6, 6.07) is 0. The Labute approximate surface area is 122 Å². The van der Waals surface area contributed by atoms with Crippen molar-refractivity contribution >= 4 is 17.0 Å². The van der Waals surface area contributed by atoms with Crippen LogP contribution in [0.25, 0.3) is 11.2 Å². The number of rotatable bonds is 3. The molecule has 0 saturated carbocycles. The van der Waals surface area contributed by atoms with Crippen molar-refractivity contribution in [2.45, 2.75) is 51.9 Å². The summed E-state index contributed by atoms with van der Waals surface area (Å²) in [6.07, 6.45) is 3.30. The fourth-order valence-electron chi connectivity index (χ4n) is 3.36. The first kappa shape index (κ1) is 14.2. The number of nitrogens with two attached hydrogens (primary N) is 1. The Balaban J connectivity index is 2.03. The quantitative estimate of drug-likeness (QED) is 0.880. The van der Waals surface area contributed by atoms with Crippen LogP contribution in [0.1, 0.15) is 46.3 Å². The van der Waals surface area contributed by atoms with Gasteiger partial charge < -0.3 is 10.5 Å². The zero-order valence-electron chi connectivity index (χ0n) is 12.5. The zero-order chi connectivity index (χ0) is 15.2. The van der Waals surface area contributed by atoms with Gasteiger partial charge in [0, 0.05) is 0 Å². The first-order valence-electron chi connectivity index (χ1n) is 7.34. The van der Waals surface area contributed by atoms with Crippen molar-refractivity contribution in [1.29, 1.82) is 0 Å². The molecule has 0 unspecified atom stereocenters. The molecule has 1 aliphatic rings. The maximum Gasteiger partial charge on any atom is 0.312 e. The van der Waals surface area contributed by atoms with Crippen molar-refractivity contribution in [2.24, 2.45) is 5.92 Å². The predicted octanol–water partition coefficient (Wildman–Crippen LogP) is 2.66. The maximum atomic E-state index is 13.4. The van der Waals surface area contributed by atoms with E-state index in [4.69, 9.17) is 10.5 Å². The van der Waals surface area contributed by atoms with Gasteiger partial charge >= 0.3 is 6.08 Å². The Morgan fingerprint density at radius 3 is 2.76 bits per heavy atom. The van der Waals surface area contributed by atoms with Crippen LogP contribution in [0.15, 0.2) is 6.33 Å². The van der Waals surface area contributed by atoms with Crippen LogP contribution in [0.2, 0.25) is 0 Å². The summed E-state index contributed by atoms with van der Waals surface area (Å²) in [5.41, 5.74) is 6.36. The van der Waals surface area contributed by atoms with Crippen molar-refractivity contribution in [3.8, 4) is 0 Å². The minimum atomic E-state index is -0.843. The fraction of sp³-hybridized carbons (Fsp3) is 0.643. The Hall–Kier alpha value is -1.76. The summed E-state index contributed by atoms with van der Waals surface area (Å²) < 4.78 is 21.5. The Kier molecular flexibility index (Phi) is 3.32. The van der Waals surface area contributed by atoms with Gasteiger partial charge in [0.15, 0.2) is 17.0 Å². The second-order valence-electron chi connectivity index (χ2n) is 5.68. The molecule has 2 atom stereocenters. The molecule has 0 bridgehead atoms. The lowest BCUT2D eigenvalue weighted by Gasteiger charge is -2.30. The fourth-order valence-corrected chi connectivity index (χ4v) is 3.36. The van der Waals surface area contributed by atoms with Gasteiger partial charge in [-0.25, -0.2) is 4.98 Å². The molecule has 6 nitrogen and oxygen atoms in total. The standard InChI is InChI=1S/C14H20FN5O/c1-4-14(5-2)8(3)6-9(21-14)20-7-17-10-11(16)18-13(15)19-12(10)20/h7-9H,4-6H2,1-3H3,(H2,16,18,19)/t8-,9+/m0/s1. The van der Waals surface area contributed by atoms with Crippen LogP contribution in [-0.4, -0.2) is 25.1 Å². The molecule has 0 radical (unpaired) electrons. The number of hydrogen-bond acceptors (Lipinski definition) is 5. The van der Waals surface area contributed by atoms with Gasteiger partial charge in [0.2, 0.25) is 0 Å². The molecule has 1 fully saturated rings. The van der Waals surface area contributed by atoms with E-state index in [0.29, 0.717) is 17.1 Å². The third-order valence-electron chi connectivity index (χ3n) is 4.75. The molecule has 0 aliphatic carbocycles. The smallest absolute Gasteiger partial charge is 0.312 e. The van der Waals surface area contributed by atoms with Crippen LogP contribution in [0.4, 0.5) is 10.2 Å². The third kappa shape index (κ3) is 2.07. The summed E-state index contributed by atoms with van der Waals surface area (Å²) in [6.45, 7) is 6.46. The van der Waals surface area contributed by atoms with Crippen LogP contribution in [-0.2, 0) is 4.74 Å². The number of aromatic nitrogens is 4. The van der Waals surface area contributed by atoms with Gasteiger partial charge in [-0.05, 0) is 25.2 Å². The molecule has 1 saturated heterocycles. The van der Waals surface area contributed by atoms with Crippen molar-refractivity contribution < 1.29 is 9.13 Å². The number of nitrogens with zero attached hydrogens (tertiary/aromatic N) is 4. The van der Waals surface area contributed by atoms with Gasteiger partial charge in [-0.2, -0.15) is 14.4 Å². The number of nitrogen functional groups attached to an aromatic ring is 1. The van der Waals surface area contributed by atoms with Gasteiger partial charge in [-0.3, -0.25) is 4.57 Å². The number of fused-ring (bicyclic) bond motifs is 1. The highest BCUT2D eigenvalue weighted by Crippen LogP contribution is 2.45. The molecule has 0 aromatic carbocycles. The average Bonchev–Trinajstić information content (AvgIpc) is 3.00. The lowest BCUT2D eigenvalue weighted by atomic mass is 9.84. The minimum Gasteiger partial charge on any atom is -0.382 e. The van der Waals surface area contributed by atoms with E-state index in [1.165, 1.54) is 0 Å². The van der Waals surface area contributed by atoms with E-state index >= 15 is 0 Å². The average molecular weight is 293 g/mol. The van der Waals surface area contributed by atoms with E-state index in [1.54, 1.807) is 10.9 Å². The summed E-state index contributed by atoms with van der Waals surface area (Å²) >= 11 is 0. The normalized spacial score (nSPS) is 24.8. The van der Waals surface area contributed by atoms with Crippen molar-refractivity contribution in [3.63, 3.8) is 0 Å². The number of imidazole rings is 1. The SMILES string of the molecule is CCC1(CC)O[C@@H](n2cnc3c(N)nc(F)nc32)C[C@@H]1C. The molecule has 0 spiro atoms. The predicted molar refractivity (Wildman–Crippen MR) is 76.9 cm³/mol. The van der Waals surface area contributed by atoms with Crippen LogP contribution in [0.5, 0.6) is 0 Å². The van der Waals surface area contributed by atoms with Crippen molar-refractivity contribution in [1.82, 2.24) is 19.5 Å². The molecule has 2 N–H and O–H groups in total. The molecule has 21 heavy (non-hydrogen) atoms. The minimum absolute atomic E-state index is 0.0551. The van der Waals surface area contributed by atoms with Gasteiger partial charge in [-0.1, -0.05) is 20.8 Å². The van der Waals surface area contributed by atoms with Gasteiger partial charge in [0.25, 0.3) is 0 Å². The first-order chi connectivity index (χ1) is 10.0. The molecular weight excluding hydrogens is 273 g/mol. The van der Waals surface area contributed by atoms with E-state index in [-0.39, 0.29) is 17.6 Å². The number of hydrogen-bond donors (Lipinski definition) is 1. The lowest BCUT2D eigenvalue weighted by Crippen LogP contribution is -2.32. The molecule has 7 heteroatoms. The molecule has 2 aromatic rings. The van der Waals surface area contributed by atoms with Gasteiger partial charge in [-0.15, -0.1) is 0 Å². The summed E-state index contributed by atoms with van der Waals surface area (Å²) in [7, 11) is 0. The molecule has 1 aliphatic heterocycles. The number of anilines is 1. The van der Waals surface area contributed by atoms with E-state index < -0.39 is 6.08 Å². The van der Waals surface area contributed by atoms with E-state index in [1.807, 2.05) is 0 Å². The van der Waals surface area contributed by atoms with Crippen molar-refractivity contribution in [2.75, 3.05) is 5.73 Å². The highest BCUT2D eigenvalue weighted by Gasteiger charge is 2.44. The summed E-state index contributed by atoms with van der Waals surface area (Å²) in [5.74, 6) is 0.471. The molecule has 114 valence electrons. The monoisotopic (exact) mass is 293 g/mol. The van der Waals surface area contributed by atoms with E-state index in [0.717, 1.165) is 19.3 Å².